The summed E-state index contributed by atoms with van der Waals surface area (Å²) in [6, 6.07) is 33.6. The highest BCUT2D eigenvalue weighted by Crippen LogP contribution is 2.52. The van der Waals surface area contributed by atoms with E-state index in [0.29, 0.717) is 34.0 Å². The van der Waals surface area contributed by atoms with E-state index in [1.54, 1.807) is 0 Å². The summed E-state index contributed by atoms with van der Waals surface area (Å²) >= 11 is 0. The number of hydrogen-bond acceptors (Lipinski definition) is 5. The molecule has 2 aliphatic carbocycles. The standard InChI is InChI=1S/C50H47N5O2/c1-29-15-16-36(19-30(29)2)54-47-42(55-41-13-9-8-12-39(41)52-48(54)55)17-18-45(53-47)56-44-24-33(22-38-37-11-7-10-14-43(37)57-46(38)44)40-23-32-20-31(21-34(32)27-51-40)35-25-49(3,4)28-50(5,6)26-35/h7-19,22-24,27,31,35H,20-21,25-26,28H2,1-6H3. The van der Waals surface area contributed by atoms with Crippen molar-refractivity contribution in [3.8, 4) is 28.6 Å². The lowest BCUT2D eigenvalue weighted by atomic mass is 9.59. The van der Waals surface area contributed by atoms with Crippen LogP contribution in [0.5, 0.6) is 11.6 Å². The zero-order valence-corrected chi connectivity index (χ0v) is 33.6. The first-order valence-corrected chi connectivity index (χ1v) is 20.4. The topological polar surface area (TPSA) is 70.4 Å². The van der Waals surface area contributed by atoms with Gasteiger partial charge in [-0.3, -0.25) is 14.0 Å². The Labute approximate surface area is 332 Å². The molecule has 0 N–H and O–H groups in total. The molecule has 0 spiro atoms. The molecule has 5 aromatic heterocycles. The molecule has 5 heterocycles. The van der Waals surface area contributed by atoms with E-state index in [9.17, 15) is 0 Å². The first kappa shape index (κ1) is 34.3. The number of fused-ring (bicyclic) bond motifs is 9. The molecular weight excluding hydrogens is 703 g/mol. The average Bonchev–Trinajstić information content (AvgIpc) is 3.94. The van der Waals surface area contributed by atoms with Crippen molar-refractivity contribution in [2.24, 2.45) is 22.7 Å². The van der Waals surface area contributed by atoms with Crippen molar-refractivity contribution in [3.05, 3.63) is 126 Å². The number of nitrogens with zero attached hydrogens (tertiary/aromatic N) is 5. The molecule has 1 atom stereocenters. The molecule has 2 aliphatic rings. The molecule has 0 saturated heterocycles. The van der Waals surface area contributed by atoms with Gasteiger partial charge >= 0.3 is 0 Å². The summed E-state index contributed by atoms with van der Waals surface area (Å²) in [5.74, 6) is 3.29. The van der Waals surface area contributed by atoms with E-state index in [0.717, 1.165) is 80.0 Å². The van der Waals surface area contributed by atoms with Crippen LogP contribution in [0.2, 0.25) is 0 Å². The van der Waals surface area contributed by atoms with Crippen molar-refractivity contribution < 1.29 is 9.15 Å². The number of benzene rings is 4. The van der Waals surface area contributed by atoms with Crippen LogP contribution in [0.15, 0.2) is 108 Å². The molecule has 4 aromatic carbocycles. The molecular formula is C50H47N5O2. The molecule has 1 fully saturated rings. The second-order valence-corrected chi connectivity index (χ2v) is 18.6. The Kier molecular flexibility index (Phi) is 7.39. The van der Waals surface area contributed by atoms with E-state index in [1.165, 1.54) is 41.5 Å². The molecule has 0 bridgehead atoms. The second-order valence-electron chi connectivity index (χ2n) is 18.6. The smallest absolute Gasteiger partial charge is 0.221 e. The van der Waals surface area contributed by atoms with Crippen molar-refractivity contribution in [1.82, 2.24) is 23.9 Å². The van der Waals surface area contributed by atoms with Crippen molar-refractivity contribution >= 4 is 49.9 Å². The van der Waals surface area contributed by atoms with Crippen LogP contribution in [-0.4, -0.2) is 23.9 Å². The number of imidazole rings is 2. The van der Waals surface area contributed by atoms with Gasteiger partial charge in [0.15, 0.2) is 17.0 Å². The first-order valence-electron chi connectivity index (χ1n) is 20.4. The third kappa shape index (κ3) is 5.65. The van der Waals surface area contributed by atoms with Crippen LogP contribution in [0.4, 0.5) is 0 Å². The maximum Gasteiger partial charge on any atom is 0.221 e. The van der Waals surface area contributed by atoms with Gasteiger partial charge in [-0.05, 0) is 145 Å². The number of pyridine rings is 2. The van der Waals surface area contributed by atoms with Gasteiger partial charge in [-0.2, -0.15) is 4.98 Å². The molecule has 1 unspecified atom stereocenters. The third-order valence-electron chi connectivity index (χ3n) is 13.0. The number of hydrogen-bond donors (Lipinski definition) is 0. The van der Waals surface area contributed by atoms with Gasteiger partial charge < -0.3 is 9.15 Å². The fourth-order valence-electron chi connectivity index (χ4n) is 10.8. The summed E-state index contributed by atoms with van der Waals surface area (Å²) in [7, 11) is 0. The maximum atomic E-state index is 6.84. The molecule has 7 nitrogen and oxygen atoms in total. The minimum Gasteiger partial charge on any atom is -0.452 e. The van der Waals surface area contributed by atoms with Crippen molar-refractivity contribution in [3.63, 3.8) is 0 Å². The molecule has 9 aromatic rings. The Hall–Kier alpha value is -5.95. The maximum absolute atomic E-state index is 6.84. The lowest BCUT2D eigenvalue weighted by molar-refractivity contribution is 0.0416. The molecule has 57 heavy (non-hydrogen) atoms. The summed E-state index contributed by atoms with van der Waals surface area (Å²) in [4.78, 5) is 15.4. The van der Waals surface area contributed by atoms with Crippen LogP contribution in [0.3, 0.4) is 0 Å². The summed E-state index contributed by atoms with van der Waals surface area (Å²) in [6.07, 6.45) is 8.28. The van der Waals surface area contributed by atoms with E-state index in [1.807, 2.05) is 24.3 Å². The minimum atomic E-state index is 0.381. The highest BCUT2D eigenvalue weighted by Gasteiger charge is 2.42. The number of aromatic nitrogens is 5. The van der Waals surface area contributed by atoms with Crippen LogP contribution in [0, 0.1) is 36.5 Å². The fourth-order valence-corrected chi connectivity index (χ4v) is 10.8. The minimum absolute atomic E-state index is 0.381. The lowest BCUT2D eigenvalue weighted by Gasteiger charge is -2.47. The molecule has 7 heteroatoms. The van der Waals surface area contributed by atoms with Crippen LogP contribution in [0.1, 0.15) is 69.2 Å². The van der Waals surface area contributed by atoms with Gasteiger partial charge in [-0.1, -0.05) is 64.1 Å². The third-order valence-corrected chi connectivity index (χ3v) is 13.0. The average molecular weight is 750 g/mol. The summed E-state index contributed by atoms with van der Waals surface area (Å²) in [5.41, 5.74) is 14.2. The van der Waals surface area contributed by atoms with Crippen LogP contribution in [0.25, 0.3) is 66.9 Å². The zero-order valence-electron chi connectivity index (χ0n) is 33.6. The van der Waals surface area contributed by atoms with Gasteiger partial charge in [0.2, 0.25) is 11.7 Å². The van der Waals surface area contributed by atoms with E-state index < -0.39 is 0 Å². The van der Waals surface area contributed by atoms with Crippen molar-refractivity contribution in [1.29, 1.82) is 0 Å². The Morgan fingerprint density at radius 2 is 1.51 bits per heavy atom. The Morgan fingerprint density at radius 1 is 0.719 bits per heavy atom. The van der Waals surface area contributed by atoms with Gasteiger partial charge in [0.05, 0.1) is 27.9 Å². The molecule has 1 saturated carbocycles. The normalized spacial score (nSPS) is 18.0. The van der Waals surface area contributed by atoms with E-state index in [-0.39, 0.29) is 0 Å². The Morgan fingerprint density at radius 3 is 2.35 bits per heavy atom. The number of para-hydroxylation sites is 3. The highest BCUT2D eigenvalue weighted by molar-refractivity contribution is 6.08. The molecule has 284 valence electrons. The van der Waals surface area contributed by atoms with E-state index in [4.69, 9.17) is 24.1 Å². The number of ether oxygens (including phenoxy) is 1. The number of aryl methyl sites for hydroxylation is 2. The Balaban J connectivity index is 1.01. The van der Waals surface area contributed by atoms with Crippen LogP contribution < -0.4 is 4.74 Å². The zero-order chi connectivity index (χ0) is 38.8. The summed E-state index contributed by atoms with van der Waals surface area (Å²) in [5, 5.41) is 2.04. The second kappa shape index (κ2) is 12.3. The highest BCUT2D eigenvalue weighted by atomic mass is 16.5. The summed E-state index contributed by atoms with van der Waals surface area (Å²) < 4.78 is 17.7. The fraction of sp³-hybridized carbons (Fsp3) is 0.300. The van der Waals surface area contributed by atoms with E-state index >= 15 is 0 Å². The van der Waals surface area contributed by atoms with Gasteiger partial charge in [-0.25, -0.2) is 4.98 Å². The molecule has 11 rings (SSSR count). The predicted molar refractivity (Wildman–Crippen MR) is 230 cm³/mol. The Bertz CT molecular complexity index is 3070. The molecule has 0 amide bonds. The van der Waals surface area contributed by atoms with Crippen molar-refractivity contribution in [2.45, 2.75) is 73.6 Å². The van der Waals surface area contributed by atoms with E-state index in [2.05, 4.69) is 130 Å². The van der Waals surface area contributed by atoms with Crippen LogP contribution >= 0.6 is 0 Å². The first-order chi connectivity index (χ1) is 27.5. The number of rotatable bonds is 5. The monoisotopic (exact) mass is 749 g/mol. The van der Waals surface area contributed by atoms with Gasteiger partial charge in [0.1, 0.15) is 5.58 Å². The van der Waals surface area contributed by atoms with Gasteiger partial charge in [0, 0.05) is 28.6 Å². The largest absolute Gasteiger partial charge is 0.452 e. The summed E-state index contributed by atoms with van der Waals surface area (Å²) in [6.45, 7) is 14.1. The molecule has 0 radical (unpaired) electrons. The quantitative estimate of drug-likeness (QED) is 0.175. The van der Waals surface area contributed by atoms with Gasteiger partial charge in [0.25, 0.3) is 0 Å². The lowest BCUT2D eigenvalue weighted by Crippen LogP contribution is -2.37. The molecule has 0 aliphatic heterocycles. The SMILES string of the molecule is Cc1ccc(-n2c3nc(Oc4cc(-c5cc6c(cn5)CC(C5CC(C)(C)CC(C)(C)C5)C6)cc5c4oc4ccccc45)ccc3n3c4ccccc4nc23)cc1C. The van der Waals surface area contributed by atoms with Gasteiger partial charge in [-0.15, -0.1) is 0 Å². The number of furan rings is 1. The van der Waals surface area contributed by atoms with Crippen LogP contribution in [-0.2, 0) is 12.8 Å². The predicted octanol–water partition coefficient (Wildman–Crippen LogP) is 12.8. The van der Waals surface area contributed by atoms with Crippen molar-refractivity contribution in [2.75, 3.05) is 0 Å².